The first-order chi connectivity index (χ1) is 3.80. The molecule has 2 rings (SSSR count). The van der Waals surface area contributed by atoms with Gasteiger partial charge in [-0.25, -0.2) is 0 Å². The van der Waals surface area contributed by atoms with E-state index in [0.29, 0.717) is 0 Å². The lowest BCUT2D eigenvalue weighted by molar-refractivity contribution is 0.819. The van der Waals surface area contributed by atoms with Crippen LogP contribution in [0.2, 0.25) is 0 Å². The van der Waals surface area contributed by atoms with Gasteiger partial charge in [-0.05, 0) is 18.8 Å². The van der Waals surface area contributed by atoms with Gasteiger partial charge in [-0.2, -0.15) is 0 Å². The van der Waals surface area contributed by atoms with E-state index in [0.717, 1.165) is 11.8 Å². The molecule has 8 heavy (non-hydrogen) atoms. The fraction of sp³-hybridized carbons (Fsp3) is 0.500. The Kier molecular flexibility index (Phi) is 0.585. The molecule has 2 fully saturated rings. The van der Waals surface area contributed by atoms with Gasteiger partial charge in [0.1, 0.15) is 0 Å². The summed E-state index contributed by atoms with van der Waals surface area (Å²) in [5.41, 5.74) is 2.88. The molecule has 0 saturated heterocycles. The van der Waals surface area contributed by atoms with Crippen molar-refractivity contribution in [2.24, 2.45) is 11.8 Å². The Morgan fingerprint density at radius 2 is 2.12 bits per heavy atom. The number of hydrogen-bond acceptors (Lipinski definition) is 0. The molecule has 0 aromatic heterocycles. The van der Waals surface area contributed by atoms with Crippen LogP contribution in [0.25, 0.3) is 0 Å². The van der Waals surface area contributed by atoms with E-state index in [2.05, 4.69) is 13.2 Å². The molecule has 0 aliphatic heterocycles. The lowest BCUT2D eigenvalue weighted by Gasteiger charge is -1.91. The highest BCUT2D eigenvalue weighted by Crippen LogP contribution is 2.58. The minimum Gasteiger partial charge on any atom is -0.0992 e. The van der Waals surface area contributed by atoms with E-state index in [1.165, 1.54) is 24.0 Å². The smallest absolute Gasteiger partial charge is 0.00704 e. The van der Waals surface area contributed by atoms with Gasteiger partial charge in [0, 0.05) is 5.92 Å². The fourth-order valence-corrected chi connectivity index (χ4v) is 1.77. The summed E-state index contributed by atoms with van der Waals surface area (Å²) in [5, 5.41) is 0. The summed E-state index contributed by atoms with van der Waals surface area (Å²) in [7, 11) is 0. The number of allylic oxidation sites excluding steroid dienone is 2. The number of rotatable bonds is 0. The average molecular weight is 106 g/mol. The zero-order chi connectivity index (χ0) is 5.72. The zero-order valence-corrected chi connectivity index (χ0v) is 4.98. The highest BCUT2D eigenvalue weighted by Gasteiger charge is 2.47. The van der Waals surface area contributed by atoms with E-state index >= 15 is 0 Å². The van der Waals surface area contributed by atoms with E-state index in [1.54, 1.807) is 0 Å². The maximum Gasteiger partial charge on any atom is 0.00704 e. The van der Waals surface area contributed by atoms with Crippen molar-refractivity contribution >= 4 is 0 Å². The third kappa shape index (κ3) is 0.322. The van der Waals surface area contributed by atoms with Crippen molar-refractivity contribution in [3.05, 3.63) is 24.3 Å². The topological polar surface area (TPSA) is 0 Å². The van der Waals surface area contributed by atoms with Crippen LogP contribution in [-0.4, -0.2) is 0 Å². The Morgan fingerprint density at radius 1 is 1.38 bits per heavy atom. The number of hydrogen-bond donors (Lipinski definition) is 0. The van der Waals surface area contributed by atoms with Crippen molar-refractivity contribution in [2.45, 2.75) is 12.8 Å². The van der Waals surface area contributed by atoms with Crippen molar-refractivity contribution in [2.75, 3.05) is 0 Å². The van der Waals surface area contributed by atoms with Crippen molar-refractivity contribution in [3.8, 4) is 0 Å². The average Bonchev–Trinajstić information content (AvgIpc) is 2.13. The highest BCUT2D eigenvalue weighted by atomic mass is 14.5. The molecule has 0 unspecified atom stereocenters. The summed E-state index contributed by atoms with van der Waals surface area (Å²) < 4.78 is 0. The number of fused-ring (bicyclic) bond motifs is 1. The lowest BCUT2D eigenvalue weighted by Crippen LogP contribution is -1.74. The summed E-state index contributed by atoms with van der Waals surface area (Å²) in [4.78, 5) is 0. The first-order valence-corrected chi connectivity index (χ1v) is 3.17. The van der Waals surface area contributed by atoms with Gasteiger partial charge < -0.3 is 0 Å². The van der Waals surface area contributed by atoms with E-state index in [4.69, 9.17) is 0 Å². The molecule has 0 aromatic carbocycles. The van der Waals surface area contributed by atoms with Crippen molar-refractivity contribution in [3.63, 3.8) is 0 Å². The van der Waals surface area contributed by atoms with Gasteiger partial charge in [0.25, 0.3) is 0 Å². The molecule has 2 saturated carbocycles. The van der Waals surface area contributed by atoms with Gasteiger partial charge in [0.05, 0.1) is 0 Å². The second-order valence-electron chi connectivity index (χ2n) is 2.86. The van der Waals surface area contributed by atoms with Gasteiger partial charge in [0.2, 0.25) is 0 Å². The summed E-state index contributed by atoms with van der Waals surface area (Å²) >= 11 is 0. The maximum atomic E-state index is 3.97. The largest absolute Gasteiger partial charge is 0.0992 e. The van der Waals surface area contributed by atoms with Crippen LogP contribution in [0.3, 0.4) is 0 Å². The van der Waals surface area contributed by atoms with Crippen LogP contribution in [-0.2, 0) is 0 Å². The van der Waals surface area contributed by atoms with E-state index < -0.39 is 0 Å². The molecule has 0 N–H and O–H groups in total. The van der Waals surface area contributed by atoms with E-state index in [-0.39, 0.29) is 0 Å². The van der Waals surface area contributed by atoms with Crippen LogP contribution >= 0.6 is 0 Å². The van der Waals surface area contributed by atoms with Gasteiger partial charge in [0.15, 0.2) is 0 Å². The van der Waals surface area contributed by atoms with E-state index in [9.17, 15) is 0 Å². The maximum absolute atomic E-state index is 3.97. The molecule has 0 heteroatoms. The molecule has 2 aliphatic carbocycles. The second kappa shape index (κ2) is 1.07. The molecular weight excluding hydrogens is 96.1 g/mol. The molecule has 2 aliphatic rings. The van der Waals surface area contributed by atoms with Crippen molar-refractivity contribution in [1.29, 1.82) is 0 Å². The SMILES string of the molecule is C=C1CC[C@@H]2C(=C)[C@H]12. The van der Waals surface area contributed by atoms with Crippen LogP contribution in [0.1, 0.15) is 12.8 Å². The normalized spacial score (nSPS) is 42.5. The molecule has 0 nitrogen and oxygen atoms in total. The first kappa shape index (κ1) is 4.37. The van der Waals surface area contributed by atoms with Gasteiger partial charge >= 0.3 is 0 Å². The monoisotopic (exact) mass is 106 g/mol. The molecule has 0 heterocycles. The molecule has 2 atom stereocenters. The summed E-state index contributed by atoms with van der Waals surface area (Å²) in [5.74, 6) is 1.62. The van der Waals surface area contributed by atoms with Gasteiger partial charge in [-0.15, -0.1) is 0 Å². The molecule has 0 bridgehead atoms. The fourth-order valence-electron chi connectivity index (χ4n) is 1.77. The first-order valence-electron chi connectivity index (χ1n) is 3.17. The minimum absolute atomic E-state index is 0.759. The van der Waals surface area contributed by atoms with Gasteiger partial charge in [-0.1, -0.05) is 24.3 Å². The van der Waals surface area contributed by atoms with Crippen LogP contribution < -0.4 is 0 Å². The predicted octanol–water partition coefficient (Wildman–Crippen LogP) is 2.14. The van der Waals surface area contributed by atoms with Crippen LogP contribution in [0, 0.1) is 11.8 Å². The molecule has 42 valence electrons. The van der Waals surface area contributed by atoms with Crippen LogP contribution in [0.5, 0.6) is 0 Å². The molecular formula is C8H10. The highest BCUT2D eigenvalue weighted by molar-refractivity contribution is 5.40. The Morgan fingerprint density at radius 3 is 2.38 bits per heavy atom. The van der Waals surface area contributed by atoms with Gasteiger partial charge in [-0.3, -0.25) is 0 Å². The Balaban J connectivity index is 2.29. The molecule has 0 spiro atoms. The van der Waals surface area contributed by atoms with Crippen molar-refractivity contribution < 1.29 is 0 Å². The van der Waals surface area contributed by atoms with Crippen molar-refractivity contribution in [1.82, 2.24) is 0 Å². The molecule has 0 amide bonds. The molecule has 0 aromatic rings. The summed E-state index contributed by atoms with van der Waals surface area (Å²) in [6.07, 6.45) is 2.59. The third-order valence-electron chi connectivity index (χ3n) is 2.39. The second-order valence-corrected chi connectivity index (χ2v) is 2.86. The minimum atomic E-state index is 0.759. The Bertz CT molecular complexity index is 165. The van der Waals surface area contributed by atoms with Crippen LogP contribution in [0.4, 0.5) is 0 Å². The Labute approximate surface area is 49.9 Å². The molecule has 0 radical (unpaired) electrons. The predicted molar refractivity (Wildman–Crippen MR) is 34.5 cm³/mol. The standard InChI is InChI=1S/C8H10/c1-5-3-4-7-6(2)8(5)7/h7-8H,1-4H2/t7-,8+/m1/s1. The lowest BCUT2D eigenvalue weighted by atomic mass is 10.1. The van der Waals surface area contributed by atoms with E-state index in [1.807, 2.05) is 0 Å². The summed E-state index contributed by atoms with van der Waals surface area (Å²) in [6.45, 7) is 7.91. The summed E-state index contributed by atoms with van der Waals surface area (Å²) in [6, 6.07) is 0. The quantitative estimate of drug-likeness (QED) is 0.415. The Hall–Kier alpha value is -0.520. The van der Waals surface area contributed by atoms with Crippen LogP contribution in [0.15, 0.2) is 24.3 Å². The third-order valence-corrected chi connectivity index (χ3v) is 2.39. The zero-order valence-electron chi connectivity index (χ0n) is 4.98.